The fourth-order valence-electron chi connectivity index (χ4n) is 4.07. The third-order valence-electron chi connectivity index (χ3n) is 6.04. The Kier molecular flexibility index (Phi) is 8.35. The zero-order chi connectivity index (χ0) is 27.3. The lowest BCUT2D eigenvalue weighted by Crippen LogP contribution is -2.43. The Morgan fingerprint density at radius 1 is 1.21 bits per heavy atom. The maximum absolute atomic E-state index is 14.1. The molecule has 0 radical (unpaired) electrons. The lowest BCUT2D eigenvalue weighted by Gasteiger charge is -2.35. The van der Waals surface area contributed by atoms with Crippen LogP contribution in [0.2, 0.25) is 0 Å². The number of ether oxygens (including phenoxy) is 3. The molecule has 0 saturated heterocycles. The molecule has 0 bridgehead atoms. The van der Waals surface area contributed by atoms with Gasteiger partial charge in [-0.2, -0.15) is 0 Å². The van der Waals surface area contributed by atoms with Gasteiger partial charge in [0.2, 0.25) is 0 Å². The van der Waals surface area contributed by atoms with Crippen LogP contribution in [0.4, 0.5) is 10.1 Å². The van der Waals surface area contributed by atoms with Gasteiger partial charge < -0.3 is 14.2 Å². The summed E-state index contributed by atoms with van der Waals surface area (Å²) in [5.41, 5.74) is 1.38. The monoisotopic (exact) mass is 543 g/mol. The van der Waals surface area contributed by atoms with E-state index in [9.17, 15) is 17.6 Å². The molecule has 0 N–H and O–H groups in total. The number of carbonyl (C=O) groups excluding carboxylic acids is 1. The van der Waals surface area contributed by atoms with Crippen molar-refractivity contribution >= 4 is 33.8 Å². The normalized spacial score (nSPS) is 15.3. The summed E-state index contributed by atoms with van der Waals surface area (Å²) < 4.78 is 61.3. The molecule has 38 heavy (non-hydrogen) atoms. The van der Waals surface area contributed by atoms with Crippen molar-refractivity contribution in [2.75, 3.05) is 24.6 Å². The van der Waals surface area contributed by atoms with Crippen molar-refractivity contribution in [2.24, 2.45) is 0 Å². The maximum Gasteiger partial charge on any atom is 0.305 e. The molecule has 0 unspecified atom stereocenters. The van der Waals surface area contributed by atoms with Crippen molar-refractivity contribution in [3.05, 3.63) is 65.6 Å². The van der Waals surface area contributed by atoms with Crippen LogP contribution in [0.15, 0.2) is 53.6 Å². The first-order chi connectivity index (χ1) is 18.3. The fourth-order valence-corrected chi connectivity index (χ4v) is 5.64. The number of halogens is 1. The molecular formula is C27H30FN3O6S. The summed E-state index contributed by atoms with van der Waals surface area (Å²) in [5.74, 6) is -0.410. The number of methoxy groups -OCH3 is 1. The van der Waals surface area contributed by atoms with Crippen LogP contribution in [0.3, 0.4) is 0 Å². The lowest BCUT2D eigenvalue weighted by molar-refractivity contribution is -0.141. The minimum atomic E-state index is -4.14. The maximum atomic E-state index is 14.1. The van der Waals surface area contributed by atoms with Gasteiger partial charge in [-0.3, -0.25) is 13.8 Å². The predicted molar refractivity (Wildman–Crippen MR) is 141 cm³/mol. The van der Waals surface area contributed by atoms with Crippen molar-refractivity contribution in [1.29, 1.82) is 0 Å². The topological polar surface area (TPSA) is 100.0 Å². The van der Waals surface area contributed by atoms with E-state index in [0.717, 1.165) is 0 Å². The molecule has 1 atom stereocenters. The van der Waals surface area contributed by atoms with E-state index in [1.165, 1.54) is 28.4 Å². The van der Waals surface area contributed by atoms with E-state index in [-0.39, 0.29) is 42.6 Å². The van der Waals surface area contributed by atoms with Crippen molar-refractivity contribution in [3.63, 3.8) is 0 Å². The molecule has 1 aliphatic heterocycles. The van der Waals surface area contributed by atoms with Crippen LogP contribution in [0.5, 0.6) is 11.6 Å². The van der Waals surface area contributed by atoms with E-state index in [1.54, 1.807) is 55.5 Å². The molecule has 2 heterocycles. The zero-order valence-corrected chi connectivity index (χ0v) is 22.3. The number of aromatic nitrogens is 2. The summed E-state index contributed by atoms with van der Waals surface area (Å²) in [6, 6.07) is 11.5. The molecule has 0 amide bonds. The highest BCUT2D eigenvalue weighted by Gasteiger charge is 2.37. The Hall–Kier alpha value is -3.86. The van der Waals surface area contributed by atoms with Crippen molar-refractivity contribution in [1.82, 2.24) is 9.78 Å². The molecule has 1 aliphatic rings. The number of nitrogens with zero attached hydrogens (tertiary/aromatic N) is 3. The smallest absolute Gasteiger partial charge is 0.305 e. The second-order valence-electron chi connectivity index (χ2n) is 8.56. The highest BCUT2D eigenvalue weighted by atomic mass is 32.2. The molecular weight excluding hydrogens is 513 g/mol. The Balaban J connectivity index is 1.75. The summed E-state index contributed by atoms with van der Waals surface area (Å²) in [6.45, 7) is 4.27. The highest BCUT2D eigenvalue weighted by Crippen LogP contribution is 2.40. The number of esters is 1. The van der Waals surface area contributed by atoms with Gasteiger partial charge in [-0.15, -0.1) is 5.10 Å². The highest BCUT2D eigenvalue weighted by molar-refractivity contribution is 7.93. The van der Waals surface area contributed by atoms with Crippen LogP contribution in [0.1, 0.15) is 37.8 Å². The minimum absolute atomic E-state index is 0.0177. The average molecular weight is 544 g/mol. The third-order valence-corrected chi connectivity index (χ3v) is 7.80. The Morgan fingerprint density at radius 2 is 2.00 bits per heavy atom. The van der Waals surface area contributed by atoms with Crippen molar-refractivity contribution in [3.8, 4) is 11.6 Å². The molecule has 0 fully saturated rings. The summed E-state index contributed by atoms with van der Waals surface area (Å²) in [5, 5.41) is 4.26. The van der Waals surface area contributed by atoms with E-state index in [2.05, 4.69) is 5.10 Å². The number of fused-ring (bicyclic) bond motifs is 1. The first-order valence-electron chi connectivity index (χ1n) is 12.3. The summed E-state index contributed by atoms with van der Waals surface area (Å²) in [7, 11) is -2.84. The molecule has 3 aromatic rings. The lowest BCUT2D eigenvalue weighted by atomic mass is 10.1. The van der Waals surface area contributed by atoms with Gasteiger partial charge in [0.05, 0.1) is 25.9 Å². The van der Waals surface area contributed by atoms with E-state index in [0.29, 0.717) is 29.1 Å². The summed E-state index contributed by atoms with van der Waals surface area (Å²) in [6.07, 6.45) is 4.52. The summed E-state index contributed by atoms with van der Waals surface area (Å²) >= 11 is 0. The fraction of sp³-hybridized carbons (Fsp3) is 0.333. The van der Waals surface area contributed by atoms with Crippen LogP contribution < -0.4 is 13.8 Å². The van der Waals surface area contributed by atoms with Gasteiger partial charge >= 0.3 is 5.97 Å². The molecule has 0 aliphatic carbocycles. The van der Waals surface area contributed by atoms with Crippen molar-refractivity contribution < 1.29 is 31.8 Å². The number of benzene rings is 2. The SMILES string of the molecule is CCOc1nn(CC)cc1S(=O)(=O)N1C[C@H](CCC(=O)OC)Oc2ccc(/C=C/c3ccccc3F)cc21. The number of sulfonamides is 1. The number of anilines is 1. The van der Waals surface area contributed by atoms with Gasteiger partial charge in [0.1, 0.15) is 17.7 Å². The van der Waals surface area contributed by atoms with Gasteiger partial charge in [-0.05, 0) is 44.0 Å². The van der Waals surface area contributed by atoms with Crippen LogP contribution in [-0.4, -0.2) is 50.5 Å². The average Bonchev–Trinajstić information content (AvgIpc) is 3.35. The number of aryl methyl sites for hydroxylation is 1. The number of hydrogen-bond donors (Lipinski definition) is 0. The standard InChI is InChI=1S/C27H30FN3O6S/c1-4-30-18-25(27(29-30)36-5-2)38(33,34)31-17-21(13-15-26(32)35-3)37-24-14-11-19(16-23(24)31)10-12-20-8-6-7-9-22(20)28/h6-12,14,16,18,21H,4-5,13,15,17H2,1-3H3/b12-10+/t21-/m0/s1. The first-order valence-corrected chi connectivity index (χ1v) is 13.7. The number of rotatable bonds is 10. The van der Waals surface area contributed by atoms with E-state index >= 15 is 0 Å². The van der Waals surface area contributed by atoms with Gasteiger partial charge in [-0.25, -0.2) is 12.8 Å². The predicted octanol–water partition coefficient (Wildman–Crippen LogP) is 4.52. The van der Waals surface area contributed by atoms with Crippen LogP contribution in [0.25, 0.3) is 12.2 Å². The molecule has 1 aromatic heterocycles. The molecule has 9 nitrogen and oxygen atoms in total. The molecule has 4 rings (SSSR count). The quantitative estimate of drug-likeness (QED) is 0.274. The van der Waals surface area contributed by atoms with Crippen molar-refractivity contribution in [2.45, 2.75) is 44.2 Å². The second-order valence-corrected chi connectivity index (χ2v) is 10.4. The van der Waals surface area contributed by atoms with Gasteiger partial charge in [-0.1, -0.05) is 36.4 Å². The molecule has 11 heteroatoms. The molecule has 2 aromatic carbocycles. The van der Waals surface area contributed by atoms with E-state index < -0.39 is 22.1 Å². The van der Waals surface area contributed by atoms with E-state index in [4.69, 9.17) is 14.2 Å². The van der Waals surface area contributed by atoms with E-state index in [1.807, 2.05) is 6.92 Å². The molecule has 0 saturated carbocycles. The summed E-state index contributed by atoms with van der Waals surface area (Å²) in [4.78, 5) is 11.7. The second kappa shape index (κ2) is 11.7. The Bertz CT molecular complexity index is 1440. The Morgan fingerprint density at radius 3 is 2.71 bits per heavy atom. The van der Waals surface area contributed by atoms with Gasteiger partial charge in [0.15, 0.2) is 4.90 Å². The largest absolute Gasteiger partial charge is 0.486 e. The van der Waals surface area contributed by atoms with Crippen LogP contribution in [0, 0.1) is 5.82 Å². The van der Waals surface area contributed by atoms with Gasteiger partial charge in [0, 0.05) is 24.7 Å². The first kappa shape index (κ1) is 27.2. The number of hydrogen-bond acceptors (Lipinski definition) is 7. The minimum Gasteiger partial charge on any atom is -0.486 e. The van der Waals surface area contributed by atoms with Crippen LogP contribution in [-0.2, 0) is 26.1 Å². The van der Waals surface area contributed by atoms with Crippen LogP contribution >= 0.6 is 0 Å². The Labute approximate surface area is 221 Å². The molecule has 202 valence electrons. The third kappa shape index (κ3) is 5.83. The zero-order valence-electron chi connectivity index (χ0n) is 21.5. The molecule has 0 spiro atoms. The van der Waals surface area contributed by atoms with Gasteiger partial charge in [0.25, 0.3) is 15.9 Å². The number of carbonyl (C=O) groups is 1.